The summed E-state index contributed by atoms with van der Waals surface area (Å²) in [7, 11) is 1.50. The average Bonchev–Trinajstić information content (AvgIpc) is 2.69. The lowest BCUT2D eigenvalue weighted by molar-refractivity contribution is 0.0692. The molecule has 1 aliphatic carbocycles. The van der Waals surface area contributed by atoms with Gasteiger partial charge in [0.1, 0.15) is 5.75 Å². The molecule has 0 saturated heterocycles. The van der Waals surface area contributed by atoms with E-state index in [1.165, 1.54) is 38.4 Å². The first-order chi connectivity index (χ1) is 12.6. The Hall–Kier alpha value is -2.66. The number of benzene rings is 2. The van der Waals surface area contributed by atoms with E-state index in [0.29, 0.717) is 5.92 Å². The van der Waals surface area contributed by atoms with Gasteiger partial charge in [0.05, 0.1) is 11.1 Å². The first-order valence-electron chi connectivity index (χ1n) is 8.85. The summed E-state index contributed by atoms with van der Waals surface area (Å²) in [4.78, 5) is 23.9. The molecule has 5 nitrogen and oxygen atoms in total. The molecule has 138 valence electrons. The maximum absolute atomic E-state index is 12.7. The Labute approximate surface area is 153 Å². The van der Waals surface area contributed by atoms with E-state index in [-0.39, 0.29) is 22.4 Å². The molecule has 0 aliphatic heterocycles. The lowest BCUT2D eigenvalue weighted by Crippen LogP contribution is -2.10. The largest absolute Gasteiger partial charge is 0.507 e. The second-order valence-corrected chi connectivity index (χ2v) is 6.29. The standard InChI is InChI=1S/C20H20O4.CH5N/c21-18-12-14(13-6-2-1-3-7-13)10-11-17(18)19(22)15-8-4-5-9-16(15)20(23)24;1-2/h4-5,8-13,21H,1-3,6-7H2,(H,23,24);2H2,1H3. The summed E-state index contributed by atoms with van der Waals surface area (Å²) in [5.41, 5.74) is 5.72. The predicted molar refractivity (Wildman–Crippen MR) is 101 cm³/mol. The van der Waals surface area contributed by atoms with Gasteiger partial charge in [-0.1, -0.05) is 43.5 Å². The van der Waals surface area contributed by atoms with Crippen LogP contribution in [0.3, 0.4) is 0 Å². The number of aromatic carboxylic acids is 1. The van der Waals surface area contributed by atoms with E-state index in [1.54, 1.807) is 24.3 Å². The smallest absolute Gasteiger partial charge is 0.336 e. The number of ketones is 1. The Balaban J connectivity index is 0.00000117. The highest BCUT2D eigenvalue weighted by Crippen LogP contribution is 2.35. The summed E-state index contributed by atoms with van der Waals surface area (Å²) in [5.74, 6) is -1.28. The van der Waals surface area contributed by atoms with Crippen LogP contribution in [0.25, 0.3) is 0 Å². The van der Waals surface area contributed by atoms with Gasteiger partial charge in [-0.25, -0.2) is 4.79 Å². The summed E-state index contributed by atoms with van der Waals surface area (Å²) in [6, 6.07) is 11.2. The zero-order valence-corrected chi connectivity index (χ0v) is 14.9. The molecule has 2 aromatic carbocycles. The van der Waals surface area contributed by atoms with Crippen molar-refractivity contribution in [2.24, 2.45) is 5.73 Å². The van der Waals surface area contributed by atoms with Crippen LogP contribution in [-0.2, 0) is 0 Å². The monoisotopic (exact) mass is 355 g/mol. The van der Waals surface area contributed by atoms with Crippen molar-refractivity contribution in [1.82, 2.24) is 0 Å². The van der Waals surface area contributed by atoms with Crippen LogP contribution in [0.15, 0.2) is 42.5 Å². The molecule has 0 amide bonds. The fraction of sp³-hybridized carbons (Fsp3) is 0.333. The number of phenolic OH excluding ortho intramolecular Hbond substituents is 1. The van der Waals surface area contributed by atoms with E-state index in [1.807, 2.05) is 6.07 Å². The van der Waals surface area contributed by atoms with Crippen molar-refractivity contribution in [1.29, 1.82) is 0 Å². The van der Waals surface area contributed by atoms with E-state index in [9.17, 15) is 19.8 Å². The molecule has 0 heterocycles. The van der Waals surface area contributed by atoms with E-state index in [4.69, 9.17) is 0 Å². The number of rotatable bonds is 4. The lowest BCUT2D eigenvalue weighted by Gasteiger charge is -2.22. The minimum Gasteiger partial charge on any atom is -0.507 e. The summed E-state index contributed by atoms with van der Waals surface area (Å²) in [6.07, 6.45) is 5.85. The Bertz CT molecular complexity index is 779. The van der Waals surface area contributed by atoms with Crippen molar-refractivity contribution in [2.75, 3.05) is 7.05 Å². The van der Waals surface area contributed by atoms with Crippen LogP contribution in [0.1, 0.15) is 69.9 Å². The summed E-state index contributed by atoms with van der Waals surface area (Å²) in [5, 5.41) is 19.5. The molecule has 2 aromatic rings. The van der Waals surface area contributed by atoms with E-state index in [2.05, 4.69) is 5.73 Å². The molecule has 1 saturated carbocycles. The first-order valence-corrected chi connectivity index (χ1v) is 8.85. The second-order valence-electron chi connectivity index (χ2n) is 6.29. The first kappa shape index (κ1) is 19.7. The topological polar surface area (TPSA) is 101 Å². The zero-order chi connectivity index (χ0) is 19.1. The molecule has 0 unspecified atom stereocenters. The van der Waals surface area contributed by atoms with Gasteiger partial charge in [-0.2, -0.15) is 0 Å². The number of hydrogen-bond donors (Lipinski definition) is 3. The van der Waals surface area contributed by atoms with Crippen molar-refractivity contribution in [2.45, 2.75) is 38.0 Å². The van der Waals surface area contributed by atoms with Gasteiger partial charge in [0.25, 0.3) is 0 Å². The number of carbonyl (C=O) groups is 2. The van der Waals surface area contributed by atoms with Gasteiger partial charge in [-0.15, -0.1) is 0 Å². The molecule has 0 bridgehead atoms. The van der Waals surface area contributed by atoms with E-state index in [0.717, 1.165) is 18.4 Å². The quantitative estimate of drug-likeness (QED) is 0.721. The molecule has 26 heavy (non-hydrogen) atoms. The Kier molecular flexibility index (Phi) is 6.92. The fourth-order valence-corrected chi connectivity index (χ4v) is 3.44. The van der Waals surface area contributed by atoms with Gasteiger partial charge in [-0.3, -0.25) is 4.79 Å². The Morgan fingerprint density at radius 1 is 0.923 bits per heavy atom. The minimum atomic E-state index is -1.16. The van der Waals surface area contributed by atoms with Gasteiger partial charge in [0, 0.05) is 5.56 Å². The fourth-order valence-electron chi connectivity index (χ4n) is 3.44. The van der Waals surface area contributed by atoms with E-state index >= 15 is 0 Å². The summed E-state index contributed by atoms with van der Waals surface area (Å²) < 4.78 is 0. The van der Waals surface area contributed by atoms with Crippen LogP contribution in [-0.4, -0.2) is 29.0 Å². The number of carbonyl (C=O) groups excluding carboxylic acids is 1. The number of aromatic hydroxyl groups is 1. The van der Waals surface area contributed by atoms with Crippen LogP contribution in [0.5, 0.6) is 5.75 Å². The van der Waals surface area contributed by atoms with Crippen LogP contribution in [0.2, 0.25) is 0 Å². The average molecular weight is 355 g/mol. The Morgan fingerprint density at radius 3 is 2.12 bits per heavy atom. The van der Waals surface area contributed by atoms with Gasteiger partial charge >= 0.3 is 5.97 Å². The highest BCUT2D eigenvalue weighted by atomic mass is 16.4. The van der Waals surface area contributed by atoms with Crippen molar-refractivity contribution >= 4 is 11.8 Å². The minimum absolute atomic E-state index is 0.0572. The lowest BCUT2D eigenvalue weighted by atomic mass is 9.83. The van der Waals surface area contributed by atoms with E-state index < -0.39 is 11.8 Å². The molecule has 4 N–H and O–H groups in total. The molecular weight excluding hydrogens is 330 g/mol. The number of carboxylic acids is 1. The molecule has 0 aromatic heterocycles. The third-order valence-electron chi connectivity index (χ3n) is 4.75. The summed E-state index contributed by atoms with van der Waals surface area (Å²) in [6.45, 7) is 0. The van der Waals surface area contributed by atoms with Crippen molar-refractivity contribution in [3.05, 3.63) is 64.7 Å². The molecule has 0 spiro atoms. The van der Waals surface area contributed by atoms with Gasteiger partial charge in [0.15, 0.2) is 5.78 Å². The number of nitrogens with two attached hydrogens (primary N) is 1. The van der Waals surface area contributed by atoms with Gasteiger partial charge in [0.2, 0.25) is 0 Å². The van der Waals surface area contributed by atoms with Gasteiger partial charge in [-0.05, 0) is 49.6 Å². The SMILES string of the molecule is CN.O=C(O)c1ccccc1C(=O)c1ccc(C2CCCCC2)cc1O. The normalized spacial score (nSPS) is 14.2. The van der Waals surface area contributed by atoms with Crippen molar-refractivity contribution in [3.8, 4) is 5.75 Å². The van der Waals surface area contributed by atoms with Crippen LogP contribution in [0.4, 0.5) is 0 Å². The second kappa shape index (κ2) is 9.15. The molecule has 3 rings (SSSR count). The number of carboxylic acid groups (broad SMARTS) is 1. The molecule has 0 atom stereocenters. The maximum atomic E-state index is 12.7. The van der Waals surface area contributed by atoms with Crippen LogP contribution < -0.4 is 5.73 Å². The van der Waals surface area contributed by atoms with Crippen molar-refractivity contribution < 1.29 is 19.8 Å². The van der Waals surface area contributed by atoms with Gasteiger partial charge < -0.3 is 15.9 Å². The highest BCUT2D eigenvalue weighted by molar-refractivity contribution is 6.15. The third kappa shape index (κ3) is 4.29. The maximum Gasteiger partial charge on any atom is 0.336 e. The molecule has 5 heteroatoms. The molecule has 1 fully saturated rings. The number of phenols is 1. The summed E-state index contributed by atoms with van der Waals surface area (Å²) >= 11 is 0. The zero-order valence-electron chi connectivity index (χ0n) is 14.9. The highest BCUT2D eigenvalue weighted by Gasteiger charge is 2.22. The molecule has 0 radical (unpaired) electrons. The third-order valence-corrected chi connectivity index (χ3v) is 4.75. The predicted octanol–water partition coefficient (Wildman–Crippen LogP) is 3.94. The van der Waals surface area contributed by atoms with Crippen LogP contribution >= 0.6 is 0 Å². The van der Waals surface area contributed by atoms with Crippen molar-refractivity contribution in [3.63, 3.8) is 0 Å². The molecule has 1 aliphatic rings. The van der Waals surface area contributed by atoms with Crippen LogP contribution in [0, 0.1) is 0 Å². The molecular formula is C21H25NO4. The Morgan fingerprint density at radius 2 is 1.54 bits per heavy atom. The number of hydrogen-bond acceptors (Lipinski definition) is 4.